The molecule has 0 spiro atoms. The molecule has 2 heterocycles. The minimum atomic E-state index is 0. The smallest absolute Gasteiger partial charge is 0.193 e. The fourth-order valence-corrected chi connectivity index (χ4v) is 3.33. The molecule has 6 heteroatoms. The SMILES string of the molecule is CCc1nc(CCNC(=NC)N2CCC(C)(C)C2)cs1.I. The lowest BCUT2D eigenvalue weighted by atomic mass is 9.93. The van der Waals surface area contributed by atoms with Crippen molar-refractivity contribution in [2.75, 3.05) is 26.7 Å². The van der Waals surface area contributed by atoms with E-state index in [9.17, 15) is 0 Å². The highest BCUT2D eigenvalue weighted by molar-refractivity contribution is 14.0. The molecule has 0 aromatic carbocycles. The van der Waals surface area contributed by atoms with Crippen LogP contribution in [0.5, 0.6) is 0 Å². The van der Waals surface area contributed by atoms with Crippen LogP contribution in [0.1, 0.15) is 37.9 Å². The number of halogens is 1. The van der Waals surface area contributed by atoms with Gasteiger partial charge in [-0.1, -0.05) is 20.8 Å². The topological polar surface area (TPSA) is 40.5 Å². The van der Waals surface area contributed by atoms with Crippen molar-refractivity contribution in [3.8, 4) is 0 Å². The molecule has 0 atom stereocenters. The van der Waals surface area contributed by atoms with Gasteiger partial charge in [0.15, 0.2) is 5.96 Å². The van der Waals surface area contributed by atoms with E-state index in [4.69, 9.17) is 0 Å². The van der Waals surface area contributed by atoms with Crippen LogP contribution < -0.4 is 5.32 Å². The predicted octanol–water partition coefficient (Wildman–Crippen LogP) is 3.17. The molecule has 0 bridgehead atoms. The highest BCUT2D eigenvalue weighted by atomic mass is 127. The number of aliphatic imine (C=N–C) groups is 1. The Balaban J connectivity index is 0.00000220. The Morgan fingerprint density at radius 3 is 2.81 bits per heavy atom. The molecular formula is C15H27IN4S. The number of likely N-dealkylation sites (tertiary alicyclic amines) is 1. The molecule has 0 unspecified atom stereocenters. The van der Waals surface area contributed by atoms with Crippen molar-refractivity contribution in [1.82, 2.24) is 15.2 Å². The highest BCUT2D eigenvalue weighted by Gasteiger charge is 2.30. The third-order valence-corrected chi connectivity index (χ3v) is 4.80. The van der Waals surface area contributed by atoms with E-state index < -0.39 is 0 Å². The number of nitrogens with one attached hydrogen (secondary N) is 1. The predicted molar refractivity (Wildman–Crippen MR) is 102 cm³/mol. The van der Waals surface area contributed by atoms with E-state index in [-0.39, 0.29) is 24.0 Å². The Morgan fingerprint density at radius 2 is 2.29 bits per heavy atom. The Morgan fingerprint density at radius 1 is 1.52 bits per heavy atom. The van der Waals surface area contributed by atoms with Gasteiger partial charge in [-0.05, 0) is 18.3 Å². The number of thiazole rings is 1. The molecule has 1 aromatic heterocycles. The number of hydrogen-bond donors (Lipinski definition) is 1. The zero-order valence-corrected chi connectivity index (χ0v) is 16.6. The van der Waals surface area contributed by atoms with E-state index in [0.717, 1.165) is 38.4 Å². The van der Waals surface area contributed by atoms with Crippen LogP contribution in [0.3, 0.4) is 0 Å². The maximum atomic E-state index is 4.60. The normalized spacial score (nSPS) is 17.7. The average Bonchev–Trinajstić information content (AvgIpc) is 3.01. The first-order chi connectivity index (χ1) is 9.54. The molecule has 0 amide bonds. The van der Waals surface area contributed by atoms with Gasteiger partial charge in [0.2, 0.25) is 0 Å². The fraction of sp³-hybridized carbons (Fsp3) is 0.733. The Kier molecular flexibility index (Phi) is 7.39. The van der Waals surface area contributed by atoms with E-state index in [1.807, 2.05) is 7.05 Å². The number of guanidine groups is 1. The molecule has 21 heavy (non-hydrogen) atoms. The molecule has 0 radical (unpaired) electrons. The van der Waals surface area contributed by atoms with Crippen molar-refractivity contribution in [2.24, 2.45) is 10.4 Å². The van der Waals surface area contributed by atoms with Gasteiger partial charge < -0.3 is 10.2 Å². The second kappa shape index (κ2) is 8.31. The number of aryl methyl sites for hydroxylation is 1. The molecule has 1 N–H and O–H groups in total. The average molecular weight is 422 g/mol. The maximum Gasteiger partial charge on any atom is 0.193 e. The summed E-state index contributed by atoms with van der Waals surface area (Å²) < 4.78 is 0. The largest absolute Gasteiger partial charge is 0.356 e. The monoisotopic (exact) mass is 422 g/mol. The summed E-state index contributed by atoms with van der Waals surface area (Å²) in [5.74, 6) is 1.03. The van der Waals surface area contributed by atoms with Gasteiger partial charge in [0.25, 0.3) is 0 Å². The first-order valence-corrected chi connectivity index (χ1v) is 8.31. The zero-order valence-electron chi connectivity index (χ0n) is 13.5. The molecule has 2 rings (SSSR count). The molecule has 1 saturated heterocycles. The molecule has 0 aliphatic carbocycles. The van der Waals surface area contributed by atoms with Gasteiger partial charge in [0, 0.05) is 38.5 Å². The summed E-state index contributed by atoms with van der Waals surface area (Å²) >= 11 is 1.76. The lowest BCUT2D eigenvalue weighted by molar-refractivity contribution is 0.370. The first kappa shape index (κ1) is 18.7. The van der Waals surface area contributed by atoms with Crippen molar-refractivity contribution in [3.05, 3.63) is 16.1 Å². The van der Waals surface area contributed by atoms with Gasteiger partial charge in [-0.3, -0.25) is 4.99 Å². The van der Waals surface area contributed by atoms with Crippen LogP contribution >= 0.6 is 35.3 Å². The second-order valence-electron chi connectivity index (χ2n) is 6.15. The maximum absolute atomic E-state index is 4.60. The van der Waals surface area contributed by atoms with Crippen LogP contribution in [0, 0.1) is 5.41 Å². The van der Waals surface area contributed by atoms with Crippen molar-refractivity contribution in [2.45, 2.75) is 40.0 Å². The van der Waals surface area contributed by atoms with Gasteiger partial charge in [-0.15, -0.1) is 35.3 Å². The summed E-state index contributed by atoms with van der Waals surface area (Å²) in [6, 6.07) is 0. The van der Waals surface area contributed by atoms with E-state index >= 15 is 0 Å². The third kappa shape index (κ3) is 5.39. The van der Waals surface area contributed by atoms with E-state index in [1.165, 1.54) is 17.1 Å². The Bertz CT molecular complexity index is 470. The van der Waals surface area contributed by atoms with Crippen LogP contribution in [-0.2, 0) is 12.8 Å². The van der Waals surface area contributed by atoms with Gasteiger partial charge in [-0.2, -0.15) is 0 Å². The highest BCUT2D eigenvalue weighted by Crippen LogP contribution is 2.28. The van der Waals surface area contributed by atoms with E-state index in [2.05, 4.69) is 46.3 Å². The summed E-state index contributed by atoms with van der Waals surface area (Å²) in [6.07, 6.45) is 3.23. The number of hydrogen-bond acceptors (Lipinski definition) is 3. The molecule has 1 aromatic rings. The molecule has 1 aliphatic heterocycles. The van der Waals surface area contributed by atoms with Crippen LogP contribution in [0.25, 0.3) is 0 Å². The lowest BCUT2D eigenvalue weighted by Crippen LogP contribution is -2.41. The summed E-state index contributed by atoms with van der Waals surface area (Å²) in [6.45, 7) is 9.88. The minimum Gasteiger partial charge on any atom is -0.356 e. The van der Waals surface area contributed by atoms with Crippen LogP contribution in [0.2, 0.25) is 0 Å². The quantitative estimate of drug-likeness (QED) is 0.461. The first-order valence-electron chi connectivity index (χ1n) is 7.43. The van der Waals surface area contributed by atoms with Crippen molar-refractivity contribution in [3.63, 3.8) is 0 Å². The summed E-state index contributed by atoms with van der Waals surface area (Å²) in [7, 11) is 1.87. The zero-order chi connectivity index (χ0) is 14.6. The molecular weight excluding hydrogens is 395 g/mol. The number of nitrogens with zero attached hydrogens (tertiary/aromatic N) is 3. The Hall–Kier alpha value is -0.370. The van der Waals surface area contributed by atoms with Crippen molar-refractivity contribution in [1.29, 1.82) is 0 Å². The molecule has 120 valence electrons. The van der Waals surface area contributed by atoms with Gasteiger partial charge in [0.1, 0.15) is 0 Å². The van der Waals surface area contributed by atoms with Crippen LogP contribution in [-0.4, -0.2) is 42.5 Å². The van der Waals surface area contributed by atoms with Crippen LogP contribution in [0.4, 0.5) is 0 Å². The molecule has 1 aliphatic rings. The minimum absolute atomic E-state index is 0. The number of aromatic nitrogens is 1. The fourth-order valence-electron chi connectivity index (χ4n) is 2.55. The molecule has 1 fully saturated rings. The van der Waals surface area contributed by atoms with Gasteiger partial charge in [-0.25, -0.2) is 4.98 Å². The van der Waals surface area contributed by atoms with Crippen LogP contribution in [0.15, 0.2) is 10.4 Å². The Labute approximate surface area is 149 Å². The van der Waals surface area contributed by atoms with E-state index in [1.54, 1.807) is 11.3 Å². The number of rotatable bonds is 4. The molecule has 4 nitrogen and oxygen atoms in total. The summed E-state index contributed by atoms with van der Waals surface area (Å²) in [5.41, 5.74) is 1.60. The summed E-state index contributed by atoms with van der Waals surface area (Å²) in [5, 5.41) is 6.86. The van der Waals surface area contributed by atoms with Crippen molar-refractivity contribution >= 4 is 41.3 Å². The standard InChI is InChI=1S/C15H26N4S.HI/c1-5-13-18-12(10-20-13)6-8-17-14(16-4)19-9-7-15(2,3)11-19;/h10H,5-9,11H2,1-4H3,(H,16,17);1H. The van der Waals surface area contributed by atoms with E-state index in [0.29, 0.717) is 5.41 Å². The van der Waals surface area contributed by atoms with Gasteiger partial charge in [0.05, 0.1) is 10.7 Å². The second-order valence-corrected chi connectivity index (χ2v) is 7.09. The summed E-state index contributed by atoms with van der Waals surface area (Å²) in [4.78, 5) is 11.4. The molecule has 0 saturated carbocycles. The van der Waals surface area contributed by atoms with Crippen molar-refractivity contribution < 1.29 is 0 Å². The lowest BCUT2D eigenvalue weighted by Gasteiger charge is -2.23. The third-order valence-electron chi connectivity index (χ3n) is 3.75. The van der Waals surface area contributed by atoms with Gasteiger partial charge >= 0.3 is 0 Å².